The van der Waals surface area contributed by atoms with Crippen LogP contribution in [0.1, 0.15) is 32.1 Å². The van der Waals surface area contributed by atoms with E-state index in [1.165, 1.54) is 20.2 Å². The van der Waals surface area contributed by atoms with Crippen molar-refractivity contribution in [2.75, 3.05) is 11.9 Å². The fourth-order valence-electron chi connectivity index (χ4n) is 3.53. The summed E-state index contributed by atoms with van der Waals surface area (Å²) in [6.45, 7) is 3.24. The largest absolute Gasteiger partial charge is 0.463 e. The third kappa shape index (κ3) is 4.80. The summed E-state index contributed by atoms with van der Waals surface area (Å²) in [5.74, 6) is -0.241. The van der Waals surface area contributed by atoms with Gasteiger partial charge in [-0.15, -0.1) is 0 Å². The normalized spacial score (nSPS) is 20.5. The second-order valence-corrected chi connectivity index (χ2v) is 7.20. The molecule has 1 N–H and O–H groups in total. The Morgan fingerprint density at radius 3 is 2.71 bits per heavy atom. The molecule has 1 fully saturated rings. The van der Waals surface area contributed by atoms with E-state index in [4.69, 9.17) is 14.2 Å². The number of hydrogen-bond donors (Lipinski definition) is 1. The Morgan fingerprint density at radius 2 is 1.97 bits per heavy atom. The predicted octanol–water partition coefficient (Wildman–Crippen LogP) is 2.22. The highest BCUT2D eigenvalue weighted by Crippen LogP contribution is 2.33. The summed E-state index contributed by atoms with van der Waals surface area (Å²) in [5.41, 5.74) is 2.31. The molecule has 0 aliphatic carbocycles. The van der Waals surface area contributed by atoms with Crippen LogP contribution < -0.4 is 5.32 Å². The lowest BCUT2D eigenvalue weighted by Crippen LogP contribution is -2.31. The lowest BCUT2D eigenvalue weighted by atomic mass is 10.2. The molecule has 4 rings (SSSR count). The molecule has 10 nitrogen and oxygen atoms in total. The van der Waals surface area contributed by atoms with Crippen LogP contribution in [-0.2, 0) is 30.3 Å². The van der Waals surface area contributed by atoms with E-state index in [9.17, 15) is 9.59 Å². The molecule has 0 radical (unpaired) electrons. The molecular weight excluding hydrogens is 402 g/mol. The Morgan fingerprint density at radius 1 is 1.16 bits per heavy atom. The zero-order valence-corrected chi connectivity index (χ0v) is 17.2. The number of esters is 2. The molecule has 1 aromatic carbocycles. The number of carbonyl (C=O) groups excluding carboxylic acids is 2. The van der Waals surface area contributed by atoms with E-state index < -0.39 is 30.4 Å². The van der Waals surface area contributed by atoms with Crippen molar-refractivity contribution in [1.82, 2.24) is 19.5 Å². The van der Waals surface area contributed by atoms with Crippen LogP contribution in [0.15, 0.2) is 43.0 Å². The minimum atomic E-state index is -0.576. The summed E-state index contributed by atoms with van der Waals surface area (Å²) >= 11 is 0. The van der Waals surface area contributed by atoms with Gasteiger partial charge in [0.1, 0.15) is 31.4 Å². The van der Waals surface area contributed by atoms with Gasteiger partial charge in [0.15, 0.2) is 17.0 Å². The Hall–Kier alpha value is -3.53. The van der Waals surface area contributed by atoms with Crippen LogP contribution in [0.3, 0.4) is 0 Å². The van der Waals surface area contributed by atoms with Crippen molar-refractivity contribution < 1.29 is 23.8 Å². The Kier molecular flexibility index (Phi) is 6.08. The van der Waals surface area contributed by atoms with E-state index in [0.29, 0.717) is 29.9 Å². The van der Waals surface area contributed by atoms with Gasteiger partial charge in [-0.1, -0.05) is 30.3 Å². The van der Waals surface area contributed by atoms with Gasteiger partial charge in [-0.2, -0.15) is 0 Å². The number of imidazole rings is 1. The van der Waals surface area contributed by atoms with Crippen molar-refractivity contribution in [2.24, 2.45) is 0 Å². The molecule has 31 heavy (non-hydrogen) atoms. The first-order valence-electron chi connectivity index (χ1n) is 9.92. The molecule has 2 aromatic heterocycles. The Balaban J connectivity index is 1.53. The third-order valence-electron chi connectivity index (χ3n) is 4.92. The molecule has 0 saturated carbocycles. The molecule has 0 spiro atoms. The number of fused-ring (bicyclic) bond motifs is 1. The average Bonchev–Trinajstić information content (AvgIpc) is 3.35. The number of benzene rings is 1. The zero-order chi connectivity index (χ0) is 21.8. The summed E-state index contributed by atoms with van der Waals surface area (Å²) in [6, 6.07) is 9.96. The van der Waals surface area contributed by atoms with Crippen molar-refractivity contribution in [1.29, 1.82) is 0 Å². The summed E-state index contributed by atoms with van der Waals surface area (Å²) < 4.78 is 18.2. The number of ether oxygens (including phenoxy) is 3. The topological polar surface area (TPSA) is 117 Å². The van der Waals surface area contributed by atoms with Crippen LogP contribution in [0.2, 0.25) is 0 Å². The van der Waals surface area contributed by atoms with Crippen LogP contribution >= 0.6 is 0 Å². The maximum Gasteiger partial charge on any atom is 0.303 e. The third-order valence-corrected chi connectivity index (χ3v) is 4.92. The van der Waals surface area contributed by atoms with E-state index in [1.54, 1.807) is 10.9 Å². The summed E-state index contributed by atoms with van der Waals surface area (Å²) in [5, 5.41) is 3.29. The maximum atomic E-state index is 11.5. The first kappa shape index (κ1) is 20.7. The molecule has 0 amide bonds. The van der Waals surface area contributed by atoms with Crippen LogP contribution in [0, 0.1) is 0 Å². The van der Waals surface area contributed by atoms with Gasteiger partial charge >= 0.3 is 11.9 Å². The van der Waals surface area contributed by atoms with Gasteiger partial charge in [-0.05, 0) is 5.56 Å². The summed E-state index contributed by atoms with van der Waals surface area (Å²) in [6.07, 6.45) is 1.86. The van der Waals surface area contributed by atoms with Crippen LogP contribution in [0.25, 0.3) is 11.2 Å². The van der Waals surface area contributed by atoms with Gasteiger partial charge in [0, 0.05) is 26.8 Å². The highest BCUT2D eigenvalue weighted by atomic mass is 16.6. The second kappa shape index (κ2) is 9.09. The lowest BCUT2D eigenvalue weighted by Gasteiger charge is -2.17. The number of rotatable bonds is 7. The smallest absolute Gasteiger partial charge is 0.303 e. The van der Waals surface area contributed by atoms with Gasteiger partial charge in [0.05, 0.1) is 6.33 Å². The van der Waals surface area contributed by atoms with Gasteiger partial charge in [-0.3, -0.25) is 14.2 Å². The molecule has 3 aromatic rings. The number of nitrogens with zero attached hydrogens (tertiary/aromatic N) is 4. The van der Waals surface area contributed by atoms with E-state index in [-0.39, 0.29) is 6.61 Å². The average molecular weight is 425 g/mol. The van der Waals surface area contributed by atoms with E-state index in [1.807, 2.05) is 30.3 Å². The van der Waals surface area contributed by atoms with Gasteiger partial charge in [0.25, 0.3) is 0 Å². The van der Waals surface area contributed by atoms with Gasteiger partial charge in [-0.25, -0.2) is 15.0 Å². The molecule has 0 bridgehead atoms. The molecule has 162 valence electrons. The minimum absolute atomic E-state index is 0.00469. The molecule has 10 heteroatoms. The van der Waals surface area contributed by atoms with Crippen molar-refractivity contribution in [3.8, 4) is 0 Å². The highest BCUT2D eigenvalue weighted by molar-refractivity contribution is 5.82. The number of aromatic nitrogens is 4. The molecule has 1 aliphatic rings. The number of carbonyl (C=O) groups is 2. The van der Waals surface area contributed by atoms with Crippen LogP contribution in [0.5, 0.6) is 0 Å². The van der Waals surface area contributed by atoms with Crippen molar-refractivity contribution in [3.63, 3.8) is 0 Å². The summed E-state index contributed by atoms with van der Waals surface area (Å²) in [4.78, 5) is 35.8. The highest BCUT2D eigenvalue weighted by Gasteiger charge is 2.40. The Labute approximate surface area is 178 Å². The van der Waals surface area contributed by atoms with E-state index >= 15 is 0 Å². The predicted molar refractivity (Wildman–Crippen MR) is 110 cm³/mol. The van der Waals surface area contributed by atoms with Crippen LogP contribution in [-0.4, -0.2) is 50.3 Å². The first-order valence-corrected chi connectivity index (χ1v) is 9.92. The van der Waals surface area contributed by atoms with Crippen molar-refractivity contribution in [2.45, 2.75) is 45.2 Å². The first-order chi connectivity index (χ1) is 15.0. The van der Waals surface area contributed by atoms with E-state index in [2.05, 4.69) is 20.3 Å². The fraction of sp³-hybridized carbons (Fsp3) is 0.381. The molecule has 3 heterocycles. The number of nitrogens with one attached hydrogen (secondary N) is 1. The molecule has 3 atom stereocenters. The monoisotopic (exact) mass is 425 g/mol. The Bertz CT molecular complexity index is 1070. The maximum absolute atomic E-state index is 11.5. The lowest BCUT2D eigenvalue weighted by molar-refractivity contribution is -0.155. The minimum Gasteiger partial charge on any atom is -0.463 e. The molecular formula is C21H23N5O5. The van der Waals surface area contributed by atoms with Crippen molar-refractivity contribution >= 4 is 28.9 Å². The summed E-state index contributed by atoms with van der Waals surface area (Å²) in [7, 11) is 0. The number of hydrogen-bond acceptors (Lipinski definition) is 9. The standard InChI is InChI=1S/C21H23N5O5/c1-13(27)29-10-17-16(30-14(2)28)8-18(31-17)26-12-25-19-20(23-11-24-21(19)26)22-9-15-6-4-3-5-7-15/h3-7,11-12,16-18H,8-10H2,1-2H3,(H,22,23,24). The molecule has 1 saturated heterocycles. The van der Waals surface area contributed by atoms with Crippen LogP contribution in [0.4, 0.5) is 5.82 Å². The number of anilines is 1. The second-order valence-electron chi connectivity index (χ2n) is 7.20. The zero-order valence-electron chi connectivity index (χ0n) is 17.2. The fourth-order valence-corrected chi connectivity index (χ4v) is 3.53. The SMILES string of the molecule is CC(=O)OCC1OC(n2cnc3c(NCc4ccccc4)ncnc32)CC1OC(C)=O. The molecule has 3 unspecified atom stereocenters. The van der Waals surface area contributed by atoms with E-state index in [0.717, 1.165) is 5.56 Å². The molecule has 1 aliphatic heterocycles. The quantitative estimate of drug-likeness (QED) is 0.569. The van der Waals surface area contributed by atoms with Gasteiger partial charge in [0.2, 0.25) is 0 Å². The van der Waals surface area contributed by atoms with Gasteiger partial charge < -0.3 is 19.5 Å². The van der Waals surface area contributed by atoms with Crippen molar-refractivity contribution in [3.05, 3.63) is 48.5 Å².